The van der Waals surface area contributed by atoms with Gasteiger partial charge in [-0.05, 0) is 48.9 Å². The Balaban J connectivity index is 1.46. The van der Waals surface area contributed by atoms with Crippen molar-refractivity contribution in [3.8, 4) is 34.6 Å². The maximum Gasteiger partial charge on any atom is 0.394 e. The predicted octanol–water partition coefficient (Wildman–Crippen LogP) is 4.37. The summed E-state index contributed by atoms with van der Waals surface area (Å²) in [6.45, 7) is 3.95. The first kappa shape index (κ1) is 23.3. The van der Waals surface area contributed by atoms with E-state index in [0.717, 1.165) is 11.3 Å². The first-order chi connectivity index (χ1) is 16.3. The third kappa shape index (κ3) is 5.93. The Bertz CT molecular complexity index is 1230. The van der Waals surface area contributed by atoms with E-state index in [1.807, 2.05) is 31.2 Å². The molecule has 2 aromatic carbocycles. The highest BCUT2D eigenvalue weighted by molar-refractivity contribution is 5.57. The van der Waals surface area contributed by atoms with Crippen LogP contribution in [-0.4, -0.2) is 51.3 Å². The molecule has 178 valence electrons. The first-order valence-corrected chi connectivity index (χ1v) is 10.4. The number of aromatic nitrogens is 5. The molecule has 0 bridgehead atoms. The first-order valence-electron chi connectivity index (χ1n) is 10.4. The zero-order valence-corrected chi connectivity index (χ0v) is 18.9. The van der Waals surface area contributed by atoms with Crippen molar-refractivity contribution in [3.05, 3.63) is 59.9 Å². The van der Waals surface area contributed by atoms with E-state index in [1.54, 1.807) is 23.9 Å². The summed E-state index contributed by atoms with van der Waals surface area (Å²) in [7, 11) is 1.62. The van der Waals surface area contributed by atoms with Gasteiger partial charge >= 0.3 is 6.11 Å². The number of alkyl halides is 2. The molecule has 2 heterocycles. The Morgan fingerprint density at radius 3 is 2.53 bits per heavy atom. The summed E-state index contributed by atoms with van der Waals surface area (Å²) in [5.41, 5.74) is 1.56. The molecule has 0 aliphatic rings. The fraction of sp³-hybridized carbons (Fsp3) is 0.304. The monoisotopic (exact) mass is 471 g/mol. The van der Waals surface area contributed by atoms with Gasteiger partial charge in [0.05, 0.1) is 13.2 Å². The molecular formula is C23H23F2N5O4. The average Bonchev–Trinajstić information content (AvgIpc) is 3.41. The van der Waals surface area contributed by atoms with Gasteiger partial charge in [0.2, 0.25) is 11.6 Å². The van der Waals surface area contributed by atoms with Crippen LogP contribution in [-0.2, 0) is 11.3 Å². The number of hydrogen-bond donors (Lipinski definition) is 0. The highest BCUT2D eigenvalue weighted by atomic mass is 19.3. The zero-order valence-electron chi connectivity index (χ0n) is 18.9. The van der Waals surface area contributed by atoms with Gasteiger partial charge in [-0.25, -0.2) is 9.67 Å². The molecule has 0 fully saturated rings. The van der Waals surface area contributed by atoms with Gasteiger partial charge in [0.15, 0.2) is 0 Å². The van der Waals surface area contributed by atoms with Crippen molar-refractivity contribution in [3.63, 3.8) is 0 Å². The van der Waals surface area contributed by atoms with Crippen LogP contribution in [0.4, 0.5) is 8.78 Å². The number of nitrogens with zero attached hydrogens (tertiary/aromatic N) is 5. The van der Waals surface area contributed by atoms with Crippen molar-refractivity contribution in [2.24, 2.45) is 0 Å². The molecule has 0 aliphatic carbocycles. The Morgan fingerprint density at radius 2 is 1.79 bits per heavy atom. The molecule has 4 rings (SSSR count). The van der Waals surface area contributed by atoms with Crippen molar-refractivity contribution in [1.82, 2.24) is 24.9 Å². The number of benzene rings is 2. The molecule has 11 heteroatoms. The van der Waals surface area contributed by atoms with E-state index >= 15 is 0 Å². The summed E-state index contributed by atoms with van der Waals surface area (Å²) in [5, 5.41) is 8.43. The summed E-state index contributed by atoms with van der Waals surface area (Å²) in [4.78, 5) is 8.76. The fourth-order valence-corrected chi connectivity index (χ4v) is 3.12. The maximum absolute atomic E-state index is 13.0. The van der Waals surface area contributed by atoms with Gasteiger partial charge in [-0.15, -0.1) is 5.10 Å². The van der Waals surface area contributed by atoms with Crippen LogP contribution in [0.5, 0.6) is 11.5 Å². The molecule has 0 saturated heterocycles. The van der Waals surface area contributed by atoms with E-state index in [4.69, 9.17) is 14.0 Å². The van der Waals surface area contributed by atoms with Crippen LogP contribution in [0.3, 0.4) is 0 Å². The van der Waals surface area contributed by atoms with E-state index < -0.39 is 6.11 Å². The minimum Gasteiger partial charge on any atom is -0.491 e. The summed E-state index contributed by atoms with van der Waals surface area (Å²) < 4.78 is 48.2. The number of hydrogen-bond acceptors (Lipinski definition) is 8. The van der Waals surface area contributed by atoms with Gasteiger partial charge in [0, 0.05) is 19.6 Å². The highest BCUT2D eigenvalue weighted by Gasteiger charge is 2.23. The van der Waals surface area contributed by atoms with Crippen LogP contribution in [0.25, 0.3) is 23.1 Å². The standard InChI is InChI=1S/C23H23F2N5O4/c1-15-26-21(28-30(15)14-16-5-4-6-19(13-16)32-12-11-31-3)22-27-20(29-34-22)17-7-9-18(10-8-17)33-23(2,24)25/h4-10,13H,11-12,14H2,1-3H3. The minimum atomic E-state index is -3.26. The second kappa shape index (κ2) is 9.96. The van der Waals surface area contributed by atoms with Gasteiger partial charge < -0.3 is 18.7 Å². The van der Waals surface area contributed by atoms with E-state index in [0.29, 0.717) is 38.1 Å². The van der Waals surface area contributed by atoms with Gasteiger partial charge in [0.1, 0.15) is 23.9 Å². The van der Waals surface area contributed by atoms with Crippen LogP contribution in [0, 0.1) is 6.92 Å². The van der Waals surface area contributed by atoms with Gasteiger partial charge in [-0.1, -0.05) is 17.3 Å². The average molecular weight is 471 g/mol. The molecule has 0 spiro atoms. The van der Waals surface area contributed by atoms with Crippen molar-refractivity contribution in [2.45, 2.75) is 26.5 Å². The van der Waals surface area contributed by atoms with Gasteiger partial charge in [-0.3, -0.25) is 0 Å². The molecule has 9 nitrogen and oxygen atoms in total. The number of halogens is 2. The molecule has 4 aromatic rings. The minimum absolute atomic E-state index is 0.0316. The van der Waals surface area contributed by atoms with E-state index in [1.165, 1.54) is 12.1 Å². The second-order valence-corrected chi connectivity index (χ2v) is 7.49. The van der Waals surface area contributed by atoms with E-state index in [2.05, 4.69) is 25.0 Å². The van der Waals surface area contributed by atoms with Crippen LogP contribution < -0.4 is 9.47 Å². The van der Waals surface area contributed by atoms with Crippen LogP contribution in [0.2, 0.25) is 0 Å². The Hall–Kier alpha value is -3.86. The number of methoxy groups -OCH3 is 1. The summed E-state index contributed by atoms with van der Waals surface area (Å²) in [5.74, 6) is 2.16. The SMILES string of the molecule is COCCOc1cccc(Cn2nc(-c3nc(-c4ccc(OC(C)(F)F)cc4)no3)nc2C)c1. The lowest BCUT2D eigenvalue weighted by atomic mass is 10.2. The molecule has 0 radical (unpaired) electrons. The van der Waals surface area contributed by atoms with Crippen LogP contribution in [0.15, 0.2) is 53.1 Å². The number of ether oxygens (including phenoxy) is 3. The Morgan fingerprint density at radius 1 is 1.00 bits per heavy atom. The molecule has 0 saturated carbocycles. The molecule has 0 unspecified atom stereocenters. The lowest BCUT2D eigenvalue weighted by Gasteiger charge is -2.12. The van der Waals surface area contributed by atoms with E-state index in [-0.39, 0.29) is 23.3 Å². The smallest absolute Gasteiger partial charge is 0.394 e. The summed E-state index contributed by atoms with van der Waals surface area (Å²) >= 11 is 0. The second-order valence-electron chi connectivity index (χ2n) is 7.49. The van der Waals surface area contributed by atoms with E-state index in [9.17, 15) is 8.78 Å². The predicted molar refractivity (Wildman–Crippen MR) is 118 cm³/mol. The molecular weight excluding hydrogens is 448 g/mol. The number of aryl methyl sites for hydroxylation is 1. The third-order valence-electron chi connectivity index (χ3n) is 4.67. The molecule has 2 aromatic heterocycles. The zero-order chi connectivity index (χ0) is 24.1. The largest absolute Gasteiger partial charge is 0.491 e. The molecule has 0 N–H and O–H groups in total. The van der Waals surface area contributed by atoms with Gasteiger partial charge in [-0.2, -0.15) is 13.8 Å². The summed E-state index contributed by atoms with van der Waals surface area (Å²) in [6.07, 6.45) is -3.26. The van der Waals surface area contributed by atoms with Crippen molar-refractivity contribution >= 4 is 0 Å². The highest BCUT2D eigenvalue weighted by Crippen LogP contribution is 2.26. The Kier molecular flexibility index (Phi) is 6.82. The molecule has 0 aliphatic heterocycles. The van der Waals surface area contributed by atoms with Crippen molar-refractivity contribution < 1.29 is 27.5 Å². The molecule has 34 heavy (non-hydrogen) atoms. The van der Waals surface area contributed by atoms with Crippen molar-refractivity contribution in [2.75, 3.05) is 20.3 Å². The topological polar surface area (TPSA) is 97.3 Å². The maximum atomic E-state index is 13.0. The molecule has 0 amide bonds. The Labute approximate surface area is 194 Å². The fourth-order valence-electron chi connectivity index (χ4n) is 3.12. The van der Waals surface area contributed by atoms with Crippen LogP contribution >= 0.6 is 0 Å². The lowest BCUT2D eigenvalue weighted by molar-refractivity contribution is -0.158. The normalized spacial score (nSPS) is 11.6. The van der Waals surface area contributed by atoms with Gasteiger partial charge in [0.25, 0.3) is 5.89 Å². The van der Waals surface area contributed by atoms with Crippen molar-refractivity contribution in [1.29, 1.82) is 0 Å². The van der Waals surface area contributed by atoms with Crippen LogP contribution in [0.1, 0.15) is 18.3 Å². The molecule has 0 atom stereocenters. The quantitative estimate of drug-likeness (QED) is 0.315. The summed E-state index contributed by atoms with van der Waals surface area (Å²) in [6, 6.07) is 13.6. The lowest BCUT2D eigenvalue weighted by Crippen LogP contribution is -2.18. The third-order valence-corrected chi connectivity index (χ3v) is 4.67. The number of rotatable bonds is 10.